The molecule has 0 bridgehead atoms. The molecule has 1 aliphatic rings. The molecule has 0 spiro atoms. The van der Waals surface area contributed by atoms with Crippen LogP contribution in [-0.2, 0) is 0 Å². The summed E-state index contributed by atoms with van der Waals surface area (Å²) in [5.41, 5.74) is 0.624. The fourth-order valence-electron chi connectivity index (χ4n) is 1.83. The van der Waals surface area contributed by atoms with E-state index in [1.165, 1.54) is 12.4 Å². The van der Waals surface area contributed by atoms with Gasteiger partial charge < -0.3 is 9.88 Å². The number of carbonyl (C=O) groups excluding carboxylic acids is 1. The average Bonchev–Trinajstić information content (AvgIpc) is 3.09. The minimum Gasteiger partial charge on any atom is -0.340 e. The Morgan fingerprint density at radius 2 is 2.17 bits per heavy atom. The van der Waals surface area contributed by atoms with Crippen LogP contribution >= 0.6 is 11.6 Å². The lowest BCUT2D eigenvalue weighted by molar-refractivity contribution is 0.101. The summed E-state index contributed by atoms with van der Waals surface area (Å²) in [6.07, 6.45) is 7.14. The number of rotatable bonds is 3. The van der Waals surface area contributed by atoms with Crippen LogP contribution in [0.3, 0.4) is 0 Å². The fourth-order valence-corrected chi connectivity index (χ4v) is 1.99. The molecule has 0 radical (unpaired) electrons. The molecule has 2 heterocycles. The molecule has 6 heteroatoms. The molecular formula is C12H11ClN4O. The van der Waals surface area contributed by atoms with Gasteiger partial charge in [0.05, 0.1) is 0 Å². The molecule has 2 aromatic rings. The second kappa shape index (κ2) is 4.42. The molecule has 0 aliphatic heterocycles. The molecule has 1 amide bonds. The monoisotopic (exact) mass is 262 g/mol. The van der Waals surface area contributed by atoms with E-state index in [0.29, 0.717) is 11.7 Å². The van der Waals surface area contributed by atoms with Gasteiger partial charge in [0, 0.05) is 24.6 Å². The van der Waals surface area contributed by atoms with Crippen molar-refractivity contribution >= 4 is 23.3 Å². The summed E-state index contributed by atoms with van der Waals surface area (Å²) >= 11 is 5.85. The highest BCUT2D eigenvalue weighted by molar-refractivity contribution is 6.32. The van der Waals surface area contributed by atoms with Gasteiger partial charge in [-0.1, -0.05) is 11.6 Å². The Kier molecular flexibility index (Phi) is 2.76. The highest BCUT2D eigenvalue weighted by atomic mass is 35.5. The summed E-state index contributed by atoms with van der Waals surface area (Å²) in [6.45, 7) is 0. The number of anilines is 1. The smallest absolute Gasteiger partial charge is 0.273 e. The first-order chi connectivity index (χ1) is 8.75. The van der Waals surface area contributed by atoms with Crippen LogP contribution in [0.2, 0.25) is 5.15 Å². The third kappa shape index (κ3) is 2.09. The Hall–Kier alpha value is -1.88. The van der Waals surface area contributed by atoms with Crippen LogP contribution in [0.1, 0.15) is 29.4 Å². The van der Waals surface area contributed by atoms with Gasteiger partial charge in [-0.15, -0.1) is 0 Å². The molecule has 92 valence electrons. The number of halogens is 1. The molecule has 0 saturated heterocycles. The Labute approximate surface area is 109 Å². The van der Waals surface area contributed by atoms with E-state index in [-0.39, 0.29) is 16.9 Å². The summed E-state index contributed by atoms with van der Waals surface area (Å²) in [5, 5.41) is 2.86. The van der Waals surface area contributed by atoms with E-state index in [0.717, 1.165) is 12.8 Å². The van der Waals surface area contributed by atoms with E-state index >= 15 is 0 Å². The minimum atomic E-state index is -0.214. The number of hydrogen-bond acceptors (Lipinski definition) is 3. The van der Waals surface area contributed by atoms with Crippen LogP contribution in [0.4, 0.5) is 5.82 Å². The predicted octanol–water partition coefficient (Wildman–Crippen LogP) is 2.52. The highest BCUT2D eigenvalue weighted by Gasteiger charge is 2.26. The number of carbonyl (C=O) groups is 1. The van der Waals surface area contributed by atoms with E-state index in [4.69, 9.17) is 11.6 Å². The Bertz CT molecular complexity index is 591. The lowest BCUT2D eigenvalue weighted by Crippen LogP contribution is -2.17. The molecule has 0 aromatic carbocycles. The van der Waals surface area contributed by atoms with Crippen LogP contribution in [0.5, 0.6) is 0 Å². The maximum absolute atomic E-state index is 12.1. The zero-order chi connectivity index (χ0) is 12.5. The van der Waals surface area contributed by atoms with Gasteiger partial charge in [0.1, 0.15) is 5.69 Å². The van der Waals surface area contributed by atoms with Crippen molar-refractivity contribution in [2.75, 3.05) is 5.32 Å². The van der Waals surface area contributed by atoms with E-state index in [9.17, 15) is 4.79 Å². The molecule has 3 rings (SSSR count). The van der Waals surface area contributed by atoms with Crippen molar-refractivity contribution < 1.29 is 4.79 Å². The van der Waals surface area contributed by atoms with Crippen molar-refractivity contribution in [3.8, 4) is 0 Å². The summed E-state index contributed by atoms with van der Waals surface area (Å²) < 4.78 is 1.99. The molecule has 5 nitrogen and oxygen atoms in total. The fraction of sp³-hybridized carbons (Fsp3) is 0.250. The quantitative estimate of drug-likeness (QED) is 0.925. The molecule has 0 atom stereocenters. The van der Waals surface area contributed by atoms with Crippen molar-refractivity contribution in [2.24, 2.45) is 0 Å². The maximum Gasteiger partial charge on any atom is 0.273 e. The van der Waals surface area contributed by atoms with Crippen LogP contribution in [0.25, 0.3) is 0 Å². The number of nitrogens with zero attached hydrogens (tertiary/aromatic N) is 3. The second-order valence-corrected chi connectivity index (χ2v) is 4.54. The topological polar surface area (TPSA) is 59.8 Å². The van der Waals surface area contributed by atoms with E-state index in [1.54, 1.807) is 6.07 Å². The zero-order valence-corrected chi connectivity index (χ0v) is 10.3. The number of nitrogens with one attached hydrogen (secondary N) is 1. The molecule has 0 unspecified atom stereocenters. The normalized spacial score (nSPS) is 14.5. The number of amides is 1. The third-order valence-corrected chi connectivity index (χ3v) is 3.11. The van der Waals surface area contributed by atoms with Crippen molar-refractivity contribution in [2.45, 2.75) is 18.9 Å². The van der Waals surface area contributed by atoms with Crippen molar-refractivity contribution in [3.05, 3.63) is 41.6 Å². The molecular weight excluding hydrogens is 252 g/mol. The first kappa shape index (κ1) is 11.2. The van der Waals surface area contributed by atoms with E-state index in [1.807, 2.05) is 16.8 Å². The van der Waals surface area contributed by atoms with Crippen LogP contribution in [0, 0.1) is 0 Å². The summed E-state index contributed by atoms with van der Waals surface area (Å²) in [5.74, 6) is 0.0713. The SMILES string of the molecule is O=C(Nc1nccnc1Cl)c1cccn1C1CC1. The first-order valence-electron chi connectivity index (χ1n) is 5.70. The molecule has 1 N–H and O–H groups in total. The number of hydrogen-bond donors (Lipinski definition) is 1. The summed E-state index contributed by atoms with van der Waals surface area (Å²) in [6, 6.07) is 4.11. The van der Waals surface area contributed by atoms with E-state index in [2.05, 4.69) is 15.3 Å². The minimum absolute atomic E-state index is 0.190. The van der Waals surface area contributed by atoms with Gasteiger partial charge in [-0.3, -0.25) is 4.79 Å². The second-order valence-electron chi connectivity index (χ2n) is 4.18. The van der Waals surface area contributed by atoms with Gasteiger partial charge >= 0.3 is 0 Å². The molecule has 1 saturated carbocycles. The number of aromatic nitrogens is 3. The van der Waals surface area contributed by atoms with Gasteiger partial charge in [-0.05, 0) is 25.0 Å². The van der Waals surface area contributed by atoms with Crippen LogP contribution < -0.4 is 5.32 Å². The van der Waals surface area contributed by atoms with Gasteiger partial charge in [0.15, 0.2) is 11.0 Å². The lowest BCUT2D eigenvalue weighted by atomic mass is 10.4. The molecule has 1 aliphatic carbocycles. The Balaban J connectivity index is 1.83. The van der Waals surface area contributed by atoms with Crippen LogP contribution in [0.15, 0.2) is 30.7 Å². The Morgan fingerprint density at radius 1 is 1.39 bits per heavy atom. The molecule has 1 fully saturated rings. The van der Waals surface area contributed by atoms with Gasteiger partial charge in [0.2, 0.25) is 0 Å². The van der Waals surface area contributed by atoms with Gasteiger partial charge in [-0.2, -0.15) is 0 Å². The maximum atomic E-state index is 12.1. The summed E-state index contributed by atoms with van der Waals surface area (Å²) in [7, 11) is 0. The average molecular weight is 263 g/mol. The zero-order valence-electron chi connectivity index (χ0n) is 9.51. The predicted molar refractivity (Wildman–Crippen MR) is 67.7 cm³/mol. The van der Waals surface area contributed by atoms with Gasteiger partial charge in [-0.25, -0.2) is 9.97 Å². The third-order valence-electron chi connectivity index (χ3n) is 2.84. The van der Waals surface area contributed by atoms with Crippen LogP contribution in [-0.4, -0.2) is 20.4 Å². The summed E-state index contributed by atoms with van der Waals surface area (Å²) in [4.78, 5) is 20.0. The lowest BCUT2D eigenvalue weighted by Gasteiger charge is -2.08. The first-order valence-corrected chi connectivity index (χ1v) is 6.08. The Morgan fingerprint density at radius 3 is 2.89 bits per heavy atom. The molecule has 2 aromatic heterocycles. The highest BCUT2D eigenvalue weighted by Crippen LogP contribution is 2.36. The largest absolute Gasteiger partial charge is 0.340 e. The standard InChI is InChI=1S/C12H11ClN4O/c13-10-11(15-6-5-14-10)16-12(18)9-2-1-7-17(9)8-3-4-8/h1-2,5-8H,3-4H2,(H,15,16,18). The molecule has 18 heavy (non-hydrogen) atoms. The van der Waals surface area contributed by atoms with Crippen molar-refractivity contribution in [3.63, 3.8) is 0 Å². The van der Waals surface area contributed by atoms with E-state index < -0.39 is 0 Å². The van der Waals surface area contributed by atoms with Crippen molar-refractivity contribution in [1.29, 1.82) is 0 Å². The van der Waals surface area contributed by atoms with Gasteiger partial charge in [0.25, 0.3) is 5.91 Å². The van der Waals surface area contributed by atoms with Crippen molar-refractivity contribution in [1.82, 2.24) is 14.5 Å².